The highest BCUT2D eigenvalue weighted by molar-refractivity contribution is 6.32. The van der Waals surface area contributed by atoms with Crippen molar-refractivity contribution in [2.24, 2.45) is 0 Å². The zero-order valence-corrected chi connectivity index (χ0v) is 20.7. The number of nitrogen functional groups attached to an aromatic ring is 1. The molecule has 1 atom stereocenters. The first kappa shape index (κ1) is 26.1. The Morgan fingerprint density at radius 2 is 1.65 bits per heavy atom. The Hall–Kier alpha value is -4.00. The molecule has 0 aliphatic heterocycles. The minimum atomic E-state index is -4.48. The van der Waals surface area contributed by atoms with Crippen molar-refractivity contribution in [1.82, 2.24) is 9.97 Å². The fourth-order valence-corrected chi connectivity index (χ4v) is 4.07. The minimum absolute atomic E-state index is 0.0931. The summed E-state index contributed by atoms with van der Waals surface area (Å²) in [4.78, 5) is 8.21. The molecule has 0 bridgehead atoms. The summed E-state index contributed by atoms with van der Waals surface area (Å²) in [6.07, 6.45) is -3.26. The molecule has 11 heteroatoms. The van der Waals surface area contributed by atoms with Crippen LogP contribution in [-0.4, -0.2) is 9.97 Å². The van der Waals surface area contributed by atoms with Crippen molar-refractivity contribution in [2.75, 3.05) is 16.4 Å². The Kier molecular flexibility index (Phi) is 7.43. The number of nitrogens with one attached hydrogen (secondary N) is 2. The van der Waals surface area contributed by atoms with Crippen LogP contribution in [0.15, 0.2) is 67.0 Å². The van der Waals surface area contributed by atoms with Gasteiger partial charge >= 0.3 is 6.18 Å². The van der Waals surface area contributed by atoms with E-state index in [1.54, 1.807) is 36.4 Å². The second kappa shape index (κ2) is 10.5. The number of nitriles is 1. The monoisotopic (exact) mass is 542 g/mol. The van der Waals surface area contributed by atoms with Crippen molar-refractivity contribution in [1.29, 1.82) is 5.26 Å². The normalized spacial score (nSPS) is 12.0. The maximum Gasteiger partial charge on any atom is 0.416 e. The van der Waals surface area contributed by atoms with Gasteiger partial charge in [0.2, 0.25) is 0 Å². The van der Waals surface area contributed by atoms with E-state index in [4.69, 9.17) is 28.9 Å². The highest BCUT2D eigenvalue weighted by atomic mass is 35.5. The van der Waals surface area contributed by atoms with Crippen molar-refractivity contribution in [3.05, 3.63) is 99.3 Å². The molecule has 0 saturated carbocycles. The fourth-order valence-electron chi connectivity index (χ4n) is 3.67. The number of aryl methyl sites for hydroxylation is 1. The molecule has 1 heterocycles. The number of halogens is 5. The van der Waals surface area contributed by atoms with E-state index in [2.05, 4.69) is 26.7 Å². The maximum atomic E-state index is 13.1. The minimum Gasteiger partial charge on any atom is -0.393 e. The first-order chi connectivity index (χ1) is 17.6. The number of nitrogens with zero attached hydrogens (tertiary/aromatic N) is 3. The summed E-state index contributed by atoms with van der Waals surface area (Å²) in [6, 6.07) is 17.4. The molecule has 0 radical (unpaired) electrons. The average Bonchev–Trinajstić information content (AvgIpc) is 2.85. The molecule has 4 rings (SSSR count). The third kappa shape index (κ3) is 5.88. The van der Waals surface area contributed by atoms with Crippen LogP contribution >= 0.6 is 23.2 Å². The summed E-state index contributed by atoms with van der Waals surface area (Å²) >= 11 is 12.5. The number of rotatable bonds is 6. The lowest BCUT2D eigenvalue weighted by Crippen LogP contribution is -2.08. The van der Waals surface area contributed by atoms with E-state index in [9.17, 15) is 18.4 Å². The molecule has 188 valence electrons. The van der Waals surface area contributed by atoms with Gasteiger partial charge < -0.3 is 16.4 Å². The summed E-state index contributed by atoms with van der Waals surface area (Å²) in [5, 5.41) is 16.6. The van der Waals surface area contributed by atoms with Gasteiger partial charge in [-0.2, -0.15) is 18.4 Å². The Labute approximate surface area is 220 Å². The zero-order chi connectivity index (χ0) is 26.7. The first-order valence-corrected chi connectivity index (χ1v) is 11.6. The van der Waals surface area contributed by atoms with E-state index in [0.29, 0.717) is 21.3 Å². The van der Waals surface area contributed by atoms with E-state index in [1.807, 2.05) is 6.92 Å². The quantitative estimate of drug-likeness (QED) is 0.229. The van der Waals surface area contributed by atoms with Crippen LogP contribution in [0.4, 0.5) is 41.9 Å². The van der Waals surface area contributed by atoms with E-state index in [-0.39, 0.29) is 23.0 Å². The van der Waals surface area contributed by atoms with Gasteiger partial charge in [0, 0.05) is 21.4 Å². The van der Waals surface area contributed by atoms with Crippen LogP contribution in [0.25, 0.3) is 0 Å². The van der Waals surface area contributed by atoms with Crippen LogP contribution in [0, 0.1) is 18.3 Å². The molecule has 0 amide bonds. The van der Waals surface area contributed by atoms with E-state index in [0.717, 1.165) is 23.3 Å². The van der Waals surface area contributed by atoms with Gasteiger partial charge in [0.15, 0.2) is 11.6 Å². The zero-order valence-electron chi connectivity index (χ0n) is 19.2. The van der Waals surface area contributed by atoms with E-state index in [1.165, 1.54) is 18.5 Å². The van der Waals surface area contributed by atoms with E-state index >= 15 is 0 Å². The van der Waals surface area contributed by atoms with Gasteiger partial charge in [-0.3, -0.25) is 0 Å². The largest absolute Gasteiger partial charge is 0.416 e. The number of anilines is 5. The molecule has 1 unspecified atom stereocenters. The Bertz CT molecular complexity index is 1480. The van der Waals surface area contributed by atoms with Crippen molar-refractivity contribution in [3.63, 3.8) is 0 Å². The Balaban J connectivity index is 1.61. The topological polar surface area (TPSA) is 99.6 Å². The van der Waals surface area contributed by atoms with Crippen LogP contribution in [0.1, 0.15) is 28.2 Å². The smallest absolute Gasteiger partial charge is 0.393 e. The molecular formula is C26H19Cl2F3N6. The van der Waals surface area contributed by atoms with Gasteiger partial charge in [0.1, 0.15) is 12.0 Å². The summed E-state index contributed by atoms with van der Waals surface area (Å²) in [6.45, 7) is 1.83. The van der Waals surface area contributed by atoms with Crippen LogP contribution in [0.2, 0.25) is 10.0 Å². The maximum absolute atomic E-state index is 13.1. The van der Waals surface area contributed by atoms with Gasteiger partial charge in [0.25, 0.3) is 0 Å². The van der Waals surface area contributed by atoms with Gasteiger partial charge in [0.05, 0.1) is 17.6 Å². The molecule has 0 aliphatic carbocycles. The first-order valence-electron chi connectivity index (χ1n) is 10.8. The molecule has 0 spiro atoms. The predicted octanol–water partition coefficient (Wildman–Crippen LogP) is 7.84. The van der Waals surface area contributed by atoms with Crippen molar-refractivity contribution < 1.29 is 13.2 Å². The summed E-state index contributed by atoms with van der Waals surface area (Å²) in [5.41, 5.74) is 8.39. The van der Waals surface area contributed by atoms with Crippen LogP contribution < -0.4 is 16.4 Å². The molecular weight excluding hydrogens is 524 g/mol. The molecule has 0 aliphatic rings. The number of hydrogen-bond donors (Lipinski definition) is 3. The summed E-state index contributed by atoms with van der Waals surface area (Å²) in [7, 11) is 0. The van der Waals surface area contributed by atoms with Crippen LogP contribution in [-0.2, 0) is 6.18 Å². The summed E-state index contributed by atoms with van der Waals surface area (Å²) in [5.74, 6) is -0.250. The van der Waals surface area contributed by atoms with Crippen LogP contribution in [0.3, 0.4) is 0 Å². The number of benzene rings is 3. The van der Waals surface area contributed by atoms with Gasteiger partial charge in [-0.05, 0) is 60.0 Å². The van der Waals surface area contributed by atoms with Crippen molar-refractivity contribution in [3.8, 4) is 6.07 Å². The molecule has 1 aromatic heterocycles. The van der Waals surface area contributed by atoms with E-state index < -0.39 is 17.7 Å². The van der Waals surface area contributed by atoms with Gasteiger partial charge in [-0.25, -0.2) is 9.97 Å². The predicted molar refractivity (Wildman–Crippen MR) is 140 cm³/mol. The lowest BCUT2D eigenvalue weighted by atomic mass is 9.91. The number of alkyl halides is 3. The summed E-state index contributed by atoms with van der Waals surface area (Å²) < 4.78 is 39.2. The second-order valence-electron chi connectivity index (χ2n) is 8.12. The fraction of sp³-hybridized carbons (Fsp3) is 0.115. The SMILES string of the molecule is Cc1cc(C(C#N)c2ccc(Cl)cc2)c(Cl)cc1Nc1ncnc(Nc2cccc(C(F)(F)F)c2)c1N. The highest BCUT2D eigenvalue weighted by Gasteiger charge is 2.30. The number of hydrogen-bond acceptors (Lipinski definition) is 6. The van der Waals surface area contributed by atoms with Gasteiger partial charge in [-0.15, -0.1) is 0 Å². The molecule has 0 saturated heterocycles. The highest BCUT2D eigenvalue weighted by Crippen LogP contribution is 2.37. The van der Waals surface area contributed by atoms with Crippen molar-refractivity contribution >= 4 is 51.9 Å². The molecule has 6 nitrogen and oxygen atoms in total. The molecule has 37 heavy (non-hydrogen) atoms. The molecule has 4 N–H and O–H groups in total. The average molecular weight is 543 g/mol. The number of aromatic nitrogens is 2. The third-order valence-electron chi connectivity index (χ3n) is 5.58. The molecule has 3 aromatic carbocycles. The van der Waals surface area contributed by atoms with Crippen molar-refractivity contribution in [2.45, 2.75) is 19.0 Å². The molecule has 4 aromatic rings. The third-order valence-corrected chi connectivity index (χ3v) is 6.16. The molecule has 0 fully saturated rings. The Morgan fingerprint density at radius 3 is 2.30 bits per heavy atom. The van der Waals surface area contributed by atoms with Gasteiger partial charge in [-0.1, -0.05) is 47.5 Å². The second-order valence-corrected chi connectivity index (χ2v) is 8.96. The lowest BCUT2D eigenvalue weighted by molar-refractivity contribution is -0.137. The van der Waals surface area contributed by atoms with Crippen LogP contribution in [0.5, 0.6) is 0 Å². The number of nitrogens with two attached hydrogens (primary N) is 1. The Morgan fingerprint density at radius 1 is 0.973 bits per heavy atom. The standard InChI is InChI=1S/C26H19Cl2F3N6/c1-14-9-19(20(12-32)15-5-7-17(27)8-6-15)21(28)11-22(14)37-25-23(33)24(34-13-35-25)36-18-4-2-3-16(10-18)26(29,30)31/h2-11,13,20H,33H2,1H3,(H2,34,35,36,37). The lowest BCUT2D eigenvalue weighted by Gasteiger charge is -2.18.